The Morgan fingerprint density at radius 1 is 1.40 bits per heavy atom. The molecule has 15 heavy (non-hydrogen) atoms. The highest BCUT2D eigenvalue weighted by Crippen LogP contribution is 2.27. The van der Waals surface area contributed by atoms with Gasteiger partial charge in [-0.3, -0.25) is 0 Å². The second-order valence-corrected chi connectivity index (χ2v) is 4.68. The minimum absolute atomic E-state index is 0.248. The van der Waals surface area contributed by atoms with Gasteiger partial charge in [-0.05, 0) is 25.0 Å². The average Bonchev–Trinajstić information content (AvgIpc) is 2.61. The van der Waals surface area contributed by atoms with Gasteiger partial charge in [0.15, 0.2) is 5.82 Å². The zero-order chi connectivity index (χ0) is 10.8. The Hall–Kier alpha value is -0.830. The van der Waals surface area contributed by atoms with E-state index in [-0.39, 0.29) is 5.38 Å². The van der Waals surface area contributed by atoms with Crippen LogP contribution in [0.3, 0.4) is 0 Å². The van der Waals surface area contributed by atoms with Crippen LogP contribution in [0, 0.1) is 12.8 Å². The van der Waals surface area contributed by atoms with Crippen molar-refractivity contribution in [2.24, 2.45) is 5.92 Å². The lowest BCUT2D eigenvalue weighted by Gasteiger charge is -2.15. The molecule has 0 bridgehead atoms. The number of rotatable bonds is 2. The van der Waals surface area contributed by atoms with E-state index in [2.05, 4.69) is 22.0 Å². The smallest absolute Gasteiger partial charge is 0.151 e. The molecule has 1 aromatic heterocycles. The van der Waals surface area contributed by atoms with E-state index in [9.17, 15) is 0 Å². The molecule has 1 saturated heterocycles. The maximum atomic E-state index is 6.26. The minimum atomic E-state index is 0.248. The van der Waals surface area contributed by atoms with Gasteiger partial charge in [0.1, 0.15) is 0 Å². The van der Waals surface area contributed by atoms with E-state index in [1.54, 1.807) is 0 Å². The third-order valence-electron chi connectivity index (χ3n) is 2.99. The molecule has 0 aliphatic carbocycles. The summed E-state index contributed by atoms with van der Waals surface area (Å²) in [5.74, 6) is 1.52. The first-order valence-electron chi connectivity index (χ1n) is 5.40. The summed E-state index contributed by atoms with van der Waals surface area (Å²) in [5, 5.41) is 8.49. The van der Waals surface area contributed by atoms with Gasteiger partial charge in [-0.2, -0.15) is 5.10 Å². The van der Waals surface area contributed by atoms with Crippen LogP contribution in [0.4, 0.5) is 5.82 Å². The molecule has 3 nitrogen and oxygen atoms in total. The molecule has 2 rings (SSSR count). The van der Waals surface area contributed by atoms with Crippen molar-refractivity contribution in [2.45, 2.75) is 25.6 Å². The molecule has 0 amide bonds. The Balaban J connectivity index is 2.10. The van der Waals surface area contributed by atoms with Gasteiger partial charge in [0.2, 0.25) is 0 Å². The van der Waals surface area contributed by atoms with E-state index in [1.165, 1.54) is 0 Å². The molecule has 0 radical (unpaired) electrons. The van der Waals surface area contributed by atoms with Crippen LogP contribution < -0.4 is 4.90 Å². The van der Waals surface area contributed by atoms with Gasteiger partial charge in [0, 0.05) is 13.1 Å². The maximum Gasteiger partial charge on any atom is 0.151 e. The first-order chi connectivity index (χ1) is 7.20. The number of hydrogen-bond acceptors (Lipinski definition) is 3. The maximum absolute atomic E-state index is 6.26. The monoisotopic (exact) mass is 225 g/mol. The van der Waals surface area contributed by atoms with Gasteiger partial charge in [-0.1, -0.05) is 13.3 Å². The number of hydrogen-bond donors (Lipinski definition) is 0. The molecule has 0 aromatic carbocycles. The lowest BCUT2D eigenvalue weighted by molar-refractivity contribution is 0.574. The fraction of sp³-hybridized carbons (Fsp3) is 0.636. The Morgan fingerprint density at radius 3 is 2.73 bits per heavy atom. The predicted octanol–water partition coefficient (Wildman–Crippen LogP) is 2.24. The summed E-state index contributed by atoms with van der Waals surface area (Å²) in [5.41, 5.74) is 0.951. The van der Waals surface area contributed by atoms with Crippen LogP contribution in [-0.4, -0.2) is 28.7 Å². The molecule has 0 spiro atoms. The van der Waals surface area contributed by atoms with Crippen molar-refractivity contribution in [3.05, 3.63) is 17.8 Å². The summed E-state index contributed by atoms with van der Waals surface area (Å²) in [6.45, 7) is 6.02. The van der Waals surface area contributed by atoms with E-state index in [4.69, 9.17) is 11.6 Å². The van der Waals surface area contributed by atoms with Gasteiger partial charge in [0.25, 0.3) is 0 Å². The van der Waals surface area contributed by atoms with Crippen LogP contribution in [0.15, 0.2) is 12.1 Å². The van der Waals surface area contributed by atoms with Crippen molar-refractivity contribution in [1.82, 2.24) is 10.2 Å². The van der Waals surface area contributed by atoms with Crippen LogP contribution in [-0.2, 0) is 0 Å². The fourth-order valence-electron chi connectivity index (χ4n) is 1.96. The fourth-order valence-corrected chi connectivity index (χ4v) is 2.39. The normalized spacial score (nSPS) is 25.9. The SMILES string of the molecule is CCC1CN(c2ccc(C)nn2)CC1Cl. The average molecular weight is 226 g/mol. The molecule has 1 aromatic rings. The largest absolute Gasteiger partial charge is 0.353 e. The van der Waals surface area contributed by atoms with E-state index in [0.29, 0.717) is 5.92 Å². The molecular formula is C11H16ClN3. The van der Waals surface area contributed by atoms with Gasteiger partial charge in [-0.25, -0.2) is 0 Å². The van der Waals surface area contributed by atoms with Crippen LogP contribution >= 0.6 is 11.6 Å². The van der Waals surface area contributed by atoms with Gasteiger partial charge < -0.3 is 4.90 Å². The van der Waals surface area contributed by atoms with Crippen molar-refractivity contribution in [1.29, 1.82) is 0 Å². The lowest BCUT2D eigenvalue weighted by Crippen LogP contribution is -2.21. The van der Waals surface area contributed by atoms with Gasteiger partial charge in [-0.15, -0.1) is 16.7 Å². The standard InChI is InChI=1S/C11H16ClN3/c1-3-9-6-15(7-10(9)12)11-5-4-8(2)13-14-11/h4-5,9-10H,3,6-7H2,1-2H3. The molecular weight excluding hydrogens is 210 g/mol. The summed E-state index contributed by atoms with van der Waals surface area (Å²) >= 11 is 6.26. The first-order valence-corrected chi connectivity index (χ1v) is 5.83. The van der Waals surface area contributed by atoms with E-state index in [1.807, 2.05) is 19.1 Å². The number of aromatic nitrogens is 2. The van der Waals surface area contributed by atoms with Gasteiger partial charge >= 0.3 is 0 Å². The number of aryl methyl sites for hydroxylation is 1. The van der Waals surface area contributed by atoms with Crippen molar-refractivity contribution in [3.8, 4) is 0 Å². The molecule has 1 fully saturated rings. The first kappa shape index (κ1) is 10.7. The number of anilines is 1. The summed E-state index contributed by atoms with van der Waals surface area (Å²) in [6, 6.07) is 4.01. The summed E-state index contributed by atoms with van der Waals surface area (Å²) in [4.78, 5) is 2.22. The van der Waals surface area contributed by atoms with Crippen molar-refractivity contribution in [3.63, 3.8) is 0 Å². The van der Waals surface area contributed by atoms with Gasteiger partial charge in [0.05, 0.1) is 11.1 Å². The van der Waals surface area contributed by atoms with Crippen LogP contribution in [0.5, 0.6) is 0 Å². The zero-order valence-electron chi connectivity index (χ0n) is 9.15. The second kappa shape index (κ2) is 4.35. The summed E-state index contributed by atoms with van der Waals surface area (Å²) < 4.78 is 0. The lowest BCUT2D eigenvalue weighted by atomic mass is 10.1. The second-order valence-electron chi connectivity index (χ2n) is 4.12. The minimum Gasteiger partial charge on any atom is -0.353 e. The van der Waals surface area contributed by atoms with Crippen molar-refractivity contribution < 1.29 is 0 Å². The van der Waals surface area contributed by atoms with E-state index >= 15 is 0 Å². The molecule has 4 heteroatoms. The predicted molar refractivity (Wildman–Crippen MR) is 62.4 cm³/mol. The highest BCUT2D eigenvalue weighted by Gasteiger charge is 2.30. The third-order valence-corrected chi connectivity index (χ3v) is 3.49. The molecule has 1 aliphatic heterocycles. The van der Waals surface area contributed by atoms with E-state index in [0.717, 1.165) is 31.0 Å². The number of nitrogens with zero attached hydrogens (tertiary/aromatic N) is 3. The third kappa shape index (κ3) is 2.23. The number of alkyl halides is 1. The molecule has 0 N–H and O–H groups in total. The molecule has 2 atom stereocenters. The van der Waals surface area contributed by atoms with Crippen LogP contribution in [0.1, 0.15) is 19.0 Å². The topological polar surface area (TPSA) is 29.0 Å². The molecule has 2 unspecified atom stereocenters. The highest BCUT2D eigenvalue weighted by molar-refractivity contribution is 6.21. The van der Waals surface area contributed by atoms with Crippen LogP contribution in [0.25, 0.3) is 0 Å². The Kier molecular flexibility index (Phi) is 3.10. The quantitative estimate of drug-likeness (QED) is 0.723. The molecule has 82 valence electrons. The van der Waals surface area contributed by atoms with Crippen LogP contribution in [0.2, 0.25) is 0 Å². The molecule has 1 aliphatic rings. The van der Waals surface area contributed by atoms with Crippen molar-refractivity contribution in [2.75, 3.05) is 18.0 Å². The Bertz CT molecular complexity index is 325. The zero-order valence-corrected chi connectivity index (χ0v) is 9.91. The highest BCUT2D eigenvalue weighted by atomic mass is 35.5. The van der Waals surface area contributed by atoms with Crippen molar-refractivity contribution >= 4 is 17.4 Å². The molecule has 2 heterocycles. The summed E-state index contributed by atoms with van der Waals surface area (Å²) in [6.07, 6.45) is 1.13. The van der Waals surface area contributed by atoms with E-state index < -0.39 is 0 Å². The Morgan fingerprint density at radius 2 is 2.20 bits per heavy atom. The number of halogens is 1. The Labute approximate surface area is 95.5 Å². The molecule has 0 saturated carbocycles. The summed E-state index contributed by atoms with van der Waals surface area (Å²) in [7, 11) is 0.